The number of ether oxygens (including phenoxy) is 1. The van der Waals surface area contributed by atoms with Crippen LogP contribution in [0.1, 0.15) is 43.4 Å². The molecule has 1 unspecified atom stereocenters. The summed E-state index contributed by atoms with van der Waals surface area (Å²) in [5.41, 5.74) is 8.79. The second-order valence-electron chi connectivity index (χ2n) is 4.24. The van der Waals surface area contributed by atoms with Gasteiger partial charge in [-0.25, -0.2) is 0 Å². The Morgan fingerprint density at radius 3 is 2.88 bits per heavy atom. The van der Waals surface area contributed by atoms with Gasteiger partial charge in [0.05, 0.1) is 0 Å². The molecular weight excluding hydrogens is 198 g/mol. The van der Waals surface area contributed by atoms with Crippen molar-refractivity contribution in [1.29, 1.82) is 0 Å². The highest BCUT2D eigenvalue weighted by Crippen LogP contribution is 2.17. The van der Waals surface area contributed by atoms with Crippen LogP contribution in [0.2, 0.25) is 0 Å². The van der Waals surface area contributed by atoms with Crippen molar-refractivity contribution in [2.45, 2.75) is 38.6 Å². The molecule has 0 fully saturated rings. The third-order valence-electron chi connectivity index (χ3n) is 2.78. The second kappa shape index (κ2) is 7.42. The summed E-state index contributed by atoms with van der Waals surface area (Å²) in [5, 5.41) is 0. The molecule has 2 heteroatoms. The molecule has 1 rings (SSSR count). The molecule has 0 amide bonds. The van der Waals surface area contributed by atoms with Crippen LogP contribution in [0, 0.1) is 0 Å². The van der Waals surface area contributed by atoms with Gasteiger partial charge < -0.3 is 10.5 Å². The van der Waals surface area contributed by atoms with E-state index in [4.69, 9.17) is 10.5 Å². The van der Waals surface area contributed by atoms with Gasteiger partial charge in [0.15, 0.2) is 0 Å². The quantitative estimate of drug-likeness (QED) is 0.718. The van der Waals surface area contributed by atoms with E-state index in [0.29, 0.717) is 0 Å². The second-order valence-corrected chi connectivity index (χ2v) is 4.24. The topological polar surface area (TPSA) is 35.2 Å². The number of hydrogen-bond donors (Lipinski definition) is 1. The lowest BCUT2D eigenvalue weighted by atomic mass is 9.99. The molecule has 0 bridgehead atoms. The lowest BCUT2D eigenvalue weighted by molar-refractivity contribution is 0.190. The van der Waals surface area contributed by atoms with Crippen molar-refractivity contribution in [2.75, 3.05) is 13.7 Å². The minimum atomic E-state index is 0.145. The summed E-state index contributed by atoms with van der Waals surface area (Å²) in [5.74, 6) is 0. The Morgan fingerprint density at radius 1 is 1.38 bits per heavy atom. The van der Waals surface area contributed by atoms with E-state index in [-0.39, 0.29) is 6.04 Å². The molecule has 90 valence electrons. The summed E-state index contributed by atoms with van der Waals surface area (Å²) < 4.78 is 5.03. The van der Waals surface area contributed by atoms with Crippen molar-refractivity contribution in [3.05, 3.63) is 35.4 Å². The van der Waals surface area contributed by atoms with E-state index < -0.39 is 0 Å². The van der Waals surface area contributed by atoms with E-state index in [0.717, 1.165) is 25.9 Å². The highest BCUT2D eigenvalue weighted by molar-refractivity contribution is 5.25. The third kappa shape index (κ3) is 4.33. The molecule has 16 heavy (non-hydrogen) atoms. The maximum absolute atomic E-state index is 6.15. The average molecular weight is 221 g/mol. The van der Waals surface area contributed by atoms with Gasteiger partial charge in [0.2, 0.25) is 0 Å². The van der Waals surface area contributed by atoms with Crippen LogP contribution in [0.15, 0.2) is 24.3 Å². The maximum Gasteiger partial charge on any atom is 0.0462 e. The van der Waals surface area contributed by atoms with Gasteiger partial charge in [0.1, 0.15) is 0 Å². The predicted octanol–water partition coefficient (Wildman–Crippen LogP) is 3.07. The van der Waals surface area contributed by atoms with Gasteiger partial charge in [0.25, 0.3) is 0 Å². The molecule has 0 heterocycles. The summed E-state index contributed by atoms with van der Waals surface area (Å²) in [4.78, 5) is 0. The van der Waals surface area contributed by atoms with Gasteiger partial charge in [-0.05, 0) is 30.4 Å². The maximum atomic E-state index is 6.15. The summed E-state index contributed by atoms with van der Waals surface area (Å²) in [6.45, 7) is 2.99. The molecule has 0 saturated heterocycles. The Morgan fingerprint density at radius 2 is 2.19 bits per heavy atom. The largest absolute Gasteiger partial charge is 0.385 e. The monoisotopic (exact) mass is 221 g/mol. The molecule has 2 nitrogen and oxygen atoms in total. The lowest BCUT2D eigenvalue weighted by Gasteiger charge is -2.12. The van der Waals surface area contributed by atoms with Crippen molar-refractivity contribution in [1.82, 2.24) is 0 Å². The molecule has 0 aromatic heterocycles. The number of nitrogens with two attached hydrogens (primary N) is 1. The SMILES string of the molecule is CCCc1cccc(C(N)CCCOC)c1. The van der Waals surface area contributed by atoms with E-state index in [1.165, 1.54) is 17.5 Å². The minimum Gasteiger partial charge on any atom is -0.385 e. The zero-order chi connectivity index (χ0) is 11.8. The highest BCUT2D eigenvalue weighted by Gasteiger charge is 2.05. The zero-order valence-electron chi connectivity index (χ0n) is 10.4. The molecule has 1 aromatic carbocycles. The summed E-state index contributed by atoms with van der Waals surface area (Å²) >= 11 is 0. The van der Waals surface area contributed by atoms with Crippen molar-refractivity contribution in [3.63, 3.8) is 0 Å². The van der Waals surface area contributed by atoms with E-state index >= 15 is 0 Å². The first-order valence-corrected chi connectivity index (χ1v) is 6.11. The number of hydrogen-bond acceptors (Lipinski definition) is 2. The number of methoxy groups -OCH3 is 1. The van der Waals surface area contributed by atoms with Crippen molar-refractivity contribution in [3.8, 4) is 0 Å². The van der Waals surface area contributed by atoms with Crippen LogP contribution in [0.25, 0.3) is 0 Å². The minimum absolute atomic E-state index is 0.145. The first-order chi connectivity index (χ1) is 7.77. The molecule has 0 aliphatic carbocycles. The molecule has 0 spiro atoms. The first-order valence-electron chi connectivity index (χ1n) is 6.11. The van der Waals surface area contributed by atoms with E-state index in [2.05, 4.69) is 31.2 Å². The van der Waals surface area contributed by atoms with Crippen molar-refractivity contribution >= 4 is 0 Å². The van der Waals surface area contributed by atoms with Crippen LogP contribution >= 0.6 is 0 Å². The fourth-order valence-electron chi connectivity index (χ4n) is 1.88. The van der Waals surface area contributed by atoms with Crippen LogP contribution in [0.3, 0.4) is 0 Å². The van der Waals surface area contributed by atoms with Crippen LogP contribution in [0.4, 0.5) is 0 Å². The molecule has 2 N–H and O–H groups in total. The average Bonchev–Trinajstić information content (AvgIpc) is 2.30. The van der Waals surface area contributed by atoms with E-state index in [9.17, 15) is 0 Å². The zero-order valence-corrected chi connectivity index (χ0v) is 10.4. The van der Waals surface area contributed by atoms with Gasteiger partial charge in [-0.1, -0.05) is 37.6 Å². The van der Waals surface area contributed by atoms with Crippen LogP contribution < -0.4 is 5.73 Å². The third-order valence-corrected chi connectivity index (χ3v) is 2.78. The van der Waals surface area contributed by atoms with Crippen molar-refractivity contribution in [2.24, 2.45) is 5.73 Å². The Balaban J connectivity index is 2.53. The Hall–Kier alpha value is -0.860. The van der Waals surface area contributed by atoms with Gasteiger partial charge in [-0.3, -0.25) is 0 Å². The van der Waals surface area contributed by atoms with Crippen LogP contribution in [-0.2, 0) is 11.2 Å². The summed E-state index contributed by atoms with van der Waals surface area (Å²) in [6, 6.07) is 8.79. The Bertz CT molecular complexity index is 299. The Labute approximate surface area is 98.8 Å². The van der Waals surface area contributed by atoms with E-state index in [1.54, 1.807) is 7.11 Å². The highest BCUT2D eigenvalue weighted by atomic mass is 16.5. The lowest BCUT2D eigenvalue weighted by Crippen LogP contribution is -2.11. The normalized spacial score (nSPS) is 12.7. The number of aryl methyl sites for hydroxylation is 1. The molecule has 0 aliphatic rings. The van der Waals surface area contributed by atoms with E-state index in [1.807, 2.05) is 0 Å². The standard InChI is InChI=1S/C14H23NO/c1-3-6-12-7-4-8-13(11-12)14(15)9-5-10-16-2/h4,7-8,11,14H,3,5-6,9-10,15H2,1-2H3. The molecule has 1 aromatic rings. The van der Waals surface area contributed by atoms with Gasteiger partial charge in [-0.15, -0.1) is 0 Å². The first kappa shape index (κ1) is 13.2. The molecular formula is C14H23NO. The molecule has 0 saturated carbocycles. The van der Waals surface area contributed by atoms with Gasteiger partial charge in [-0.2, -0.15) is 0 Å². The number of benzene rings is 1. The summed E-state index contributed by atoms with van der Waals surface area (Å²) in [6.07, 6.45) is 4.33. The van der Waals surface area contributed by atoms with Gasteiger partial charge >= 0.3 is 0 Å². The summed E-state index contributed by atoms with van der Waals surface area (Å²) in [7, 11) is 1.73. The molecule has 1 atom stereocenters. The fraction of sp³-hybridized carbons (Fsp3) is 0.571. The van der Waals surface area contributed by atoms with Gasteiger partial charge in [0, 0.05) is 19.8 Å². The van der Waals surface area contributed by atoms with Crippen molar-refractivity contribution < 1.29 is 4.74 Å². The predicted molar refractivity (Wildman–Crippen MR) is 68.5 cm³/mol. The smallest absolute Gasteiger partial charge is 0.0462 e. The molecule has 0 radical (unpaired) electrons. The Kier molecular flexibility index (Phi) is 6.12. The molecule has 0 aliphatic heterocycles. The van der Waals surface area contributed by atoms with Crippen LogP contribution in [0.5, 0.6) is 0 Å². The fourth-order valence-corrected chi connectivity index (χ4v) is 1.88. The number of rotatable bonds is 7. The van der Waals surface area contributed by atoms with Crippen LogP contribution in [-0.4, -0.2) is 13.7 Å².